The molecule has 0 atom stereocenters. The average molecular weight is 252 g/mol. The summed E-state index contributed by atoms with van der Waals surface area (Å²) in [5.41, 5.74) is 0.402. The second-order valence-corrected chi connectivity index (χ2v) is 6.18. The summed E-state index contributed by atoms with van der Waals surface area (Å²) in [4.78, 5) is 0. The zero-order valence-electron chi connectivity index (χ0n) is 12.8. The van der Waals surface area contributed by atoms with Gasteiger partial charge in [0.15, 0.2) is 0 Å². The quantitative estimate of drug-likeness (QED) is 0.459. The van der Waals surface area contributed by atoms with Crippen LogP contribution in [-0.4, -0.2) is 12.1 Å². The Morgan fingerprint density at radius 3 is 2.11 bits per heavy atom. The molecule has 1 saturated carbocycles. The fraction of sp³-hybridized carbons (Fsp3) is 1.00. The Bertz CT molecular complexity index is 182. The molecule has 0 N–H and O–H groups in total. The van der Waals surface area contributed by atoms with E-state index in [1.807, 2.05) is 0 Å². The molecule has 1 heteroatoms. The monoisotopic (exact) mass is 252 g/mol. The minimum Gasteiger partial charge on any atom is -0.235 e. The third-order valence-corrected chi connectivity index (χ3v) is 4.49. The van der Waals surface area contributed by atoms with E-state index in [9.17, 15) is 0 Å². The first-order valence-electron chi connectivity index (χ1n) is 8.51. The fourth-order valence-electron chi connectivity index (χ4n) is 3.26. The van der Waals surface area contributed by atoms with Crippen molar-refractivity contribution in [2.45, 2.75) is 103 Å². The first-order chi connectivity index (χ1) is 8.83. The standard InChI is InChI=1S/C17H34N/c1-3-5-7-12-16-18-17(13-9-6-4-2)14-10-8-11-15-17/h3-16H2,1-2H3. The topological polar surface area (TPSA) is 14.1 Å². The van der Waals surface area contributed by atoms with Crippen molar-refractivity contribution in [3.63, 3.8) is 0 Å². The smallest absolute Gasteiger partial charge is 0.0356 e. The van der Waals surface area contributed by atoms with Crippen LogP contribution in [0.3, 0.4) is 0 Å². The maximum Gasteiger partial charge on any atom is 0.0356 e. The first-order valence-corrected chi connectivity index (χ1v) is 8.51. The summed E-state index contributed by atoms with van der Waals surface area (Å²) in [6, 6.07) is 0. The lowest BCUT2D eigenvalue weighted by molar-refractivity contribution is 0.203. The third kappa shape index (κ3) is 6.22. The average Bonchev–Trinajstić information content (AvgIpc) is 2.40. The van der Waals surface area contributed by atoms with Crippen molar-refractivity contribution in [3.05, 3.63) is 0 Å². The molecule has 0 aromatic heterocycles. The van der Waals surface area contributed by atoms with E-state index >= 15 is 0 Å². The maximum absolute atomic E-state index is 5.16. The van der Waals surface area contributed by atoms with E-state index in [4.69, 9.17) is 5.32 Å². The van der Waals surface area contributed by atoms with Gasteiger partial charge in [-0.1, -0.05) is 71.6 Å². The van der Waals surface area contributed by atoms with Crippen molar-refractivity contribution in [1.29, 1.82) is 0 Å². The molecule has 18 heavy (non-hydrogen) atoms. The molecule has 0 aliphatic heterocycles. The lowest BCUT2D eigenvalue weighted by Crippen LogP contribution is -2.42. The van der Waals surface area contributed by atoms with Crippen LogP contribution in [0.2, 0.25) is 0 Å². The van der Waals surface area contributed by atoms with Crippen molar-refractivity contribution in [2.75, 3.05) is 6.54 Å². The molecular formula is C17H34N. The Morgan fingerprint density at radius 2 is 1.44 bits per heavy atom. The Hall–Kier alpha value is -0.0400. The molecule has 107 valence electrons. The number of nitrogens with zero attached hydrogens (tertiary/aromatic N) is 1. The van der Waals surface area contributed by atoms with Crippen LogP contribution in [0.4, 0.5) is 0 Å². The van der Waals surface area contributed by atoms with Crippen molar-refractivity contribution < 1.29 is 0 Å². The van der Waals surface area contributed by atoms with Crippen LogP contribution in [0.1, 0.15) is 97.3 Å². The second kappa shape index (κ2) is 9.83. The van der Waals surface area contributed by atoms with Gasteiger partial charge in [-0.05, 0) is 25.7 Å². The Balaban J connectivity index is 2.25. The molecule has 1 rings (SSSR count). The zero-order chi connectivity index (χ0) is 13.1. The maximum atomic E-state index is 5.16. The van der Waals surface area contributed by atoms with Gasteiger partial charge >= 0.3 is 0 Å². The molecule has 1 aliphatic carbocycles. The minimum atomic E-state index is 0.402. The predicted octanol–water partition coefficient (Wildman–Crippen LogP) is 5.45. The van der Waals surface area contributed by atoms with Crippen LogP contribution in [0.5, 0.6) is 0 Å². The molecule has 1 fully saturated rings. The highest BCUT2D eigenvalue weighted by Crippen LogP contribution is 2.33. The molecule has 0 bridgehead atoms. The number of rotatable bonds is 10. The second-order valence-electron chi connectivity index (χ2n) is 6.18. The van der Waals surface area contributed by atoms with Crippen molar-refractivity contribution >= 4 is 0 Å². The van der Waals surface area contributed by atoms with E-state index < -0.39 is 0 Å². The van der Waals surface area contributed by atoms with Gasteiger partial charge < -0.3 is 0 Å². The number of hydrogen-bond acceptors (Lipinski definition) is 0. The highest BCUT2D eigenvalue weighted by molar-refractivity contribution is 4.90. The first kappa shape index (κ1) is 16.0. The van der Waals surface area contributed by atoms with Gasteiger partial charge in [0.25, 0.3) is 0 Å². The summed E-state index contributed by atoms with van der Waals surface area (Å²) >= 11 is 0. The summed E-state index contributed by atoms with van der Waals surface area (Å²) in [6.45, 7) is 5.71. The van der Waals surface area contributed by atoms with Crippen LogP contribution in [0.25, 0.3) is 0 Å². The van der Waals surface area contributed by atoms with Crippen LogP contribution in [-0.2, 0) is 0 Å². The van der Waals surface area contributed by atoms with Gasteiger partial charge in [0.05, 0.1) is 0 Å². The van der Waals surface area contributed by atoms with E-state index in [2.05, 4.69) is 13.8 Å². The molecule has 1 nitrogen and oxygen atoms in total. The van der Waals surface area contributed by atoms with Gasteiger partial charge in [-0.2, -0.15) is 0 Å². The normalized spacial score (nSPS) is 19.0. The lowest BCUT2D eigenvalue weighted by Gasteiger charge is -2.37. The lowest BCUT2D eigenvalue weighted by atomic mass is 9.78. The molecule has 0 spiro atoms. The Morgan fingerprint density at radius 1 is 0.778 bits per heavy atom. The largest absolute Gasteiger partial charge is 0.235 e. The van der Waals surface area contributed by atoms with Crippen LogP contribution in [0.15, 0.2) is 0 Å². The molecule has 0 aromatic rings. The van der Waals surface area contributed by atoms with Crippen molar-refractivity contribution in [1.82, 2.24) is 5.32 Å². The van der Waals surface area contributed by atoms with E-state index in [-0.39, 0.29) is 0 Å². The van der Waals surface area contributed by atoms with Crippen LogP contribution in [0, 0.1) is 0 Å². The van der Waals surface area contributed by atoms with Gasteiger partial charge in [0.1, 0.15) is 0 Å². The van der Waals surface area contributed by atoms with Gasteiger partial charge in [-0.3, -0.25) is 0 Å². The molecule has 1 radical (unpaired) electrons. The highest BCUT2D eigenvalue weighted by Gasteiger charge is 2.31. The minimum absolute atomic E-state index is 0.402. The summed E-state index contributed by atoms with van der Waals surface area (Å²) in [7, 11) is 0. The van der Waals surface area contributed by atoms with E-state index in [1.165, 1.54) is 83.5 Å². The summed E-state index contributed by atoms with van der Waals surface area (Å²) in [6.07, 6.45) is 18.0. The fourth-order valence-corrected chi connectivity index (χ4v) is 3.26. The molecule has 0 heterocycles. The summed E-state index contributed by atoms with van der Waals surface area (Å²) in [5.74, 6) is 0. The summed E-state index contributed by atoms with van der Waals surface area (Å²) < 4.78 is 0. The van der Waals surface area contributed by atoms with Crippen LogP contribution >= 0.6 is 0 Å². The number of unbranched alkanes of at least 4 members (excludes halogenated alkanes) is 5. The SMILES string of the molecule is CCCCCC[N]C1(CCCCC)CCCCC1. The highest BCUT2D eigenvalue weighted by atomic mass is 15.0. The van der Waals surface area contributed by atoms with Gasteiger partial charge in [-0.15, -0.1) is 0 Å². The van der Waals surface area contributed by atoms with Crippen molar-refractivity contribution in [2.24, 2.45) is 0 Å². The molecule has 1 aliphatic rings. The molecular weight excluding hydrogens is 218 g/mol. The summed E-state index contributed by atoms with van der Waals surface area (Å²) in [5, 5.41) is 5.16. The molecule has 0 saturated heterocycles. The molecule has 0 aromatic carbocycles. The van der Waals surface area contributed by atoms with E-state index in [0.29, 0.717) is 5.54 Å². The van der Waals surface area contributed by atoms with Crippen LogP contribution < -0.4 is 5.32 Å². The molecule has 0 amide bonds. The zero-order valence-corrected chi connectivity index (χ0v) is 12.8. The van der Waals surface area contributed by atoms with Gasteiger partial charge in [0.2, 0.25) is 0 Å². The van der Waals surface area contributed by atoms with Crippen molar-refractivity contribution in [3.8, 4) is 0 Å². The van der Waals surface area contributed by atoms with Gasteiger partial charge in [-0.25, -0.2) is 5.32 Å². The third-order valence-electron chi connectivity index (χ3n) is 4.49. The van der Waals surface area contributed by atoms with E-state index in [0.717, 1.165) is 6.54 Å². The molecule has 0 unspecified atom stereocenters. The van der Waals surface area contributed by atoms with E-state index in [1.54, 1.807) is 0 Å². The van der Waals surface area contributed by atoms with Gasteiger partial charge in [0, 0.05) is 12.1 Å². The Labute approximate surface area is 115 Å². The Kier molecular flexibility index (Phi) is 8.75. The number of hydrogen-bond donors (Lipinski definition) is 0. The predicted molar refractivity (Wildman–Crippen MR) is 81.1 cm³/mol.